The molecule has 4 rings (SSSR count). The molecule has 4 nitrogen and oxygen atoms in total. The number of ether oxygens (including phenoxy) is 1. The van der Waals surface area contributed by atoms with E-state index in [1.165, 1.54) is 36.3 Å². The van der Waals surface area contributed by atoms with Gasteiger partial charge in [-0.25, -0.2) is 0 Å². The van der Waals surface area contributed by atoms with Crippen molar-refractivity contribution in [2.24, 2.45) is 0 Å². The normalized spacial score (nSPS) is 10.8. The second kappa shape index (κ2) is 10.9. The number of hydrogen-bond acceptors (Lipinski definition) is 4. The molecular formula is C26H24IrNO3-. The molecule has 161 valence electrons. The van der Waals surface area contributed by atoms with Gasteiger partial charge in [-0.3, -0.25) is 9.78 Å². The Morgan fingerprint density at radius 3 is 2.39 bits per heavy atom. The van der Waals surface area contributed by atoms with Crippen LogP contribution >= 0.6 is 0 Å². The number of aliphatic hydroxyl groups excluding tert-OH is 1. The number of pyridine rings is 1. The van der Waals surface area contributed by atoms with E-state index in [0.29, 0.717) is 0 Å². The van der Waals surface area contributed by atoms with Gasteiger partial charge in [0.05, 0.1) is 18.4 Å². The number of carbonyl (C=O) groups excluding carboxylic acids is 1. The van der Waals surface area contributed by atoms with Gasteiger partial charge in [0.1, 0.15) is 5.75 Å². The van der Waals surface area contributed by atoms with Crippen LogP contribution < -0.4 is 4.74 Å². The van der Waals surface area contributed by atoms with Crippen LogP contribution in [0.25, 0.3) is 32.9 Å². The van der Waals surface area contributed by atoms with E-state index in [1.54, 1.807) is 7.11 Å². The van der Waals surface area contributed by atoms with Crippen LogP contribution in [-0.4, -0.2) is 23.0 Å². The molecule has 0 saturated carbocycles. The van der Waals surface area contributed by atoms with Gasteiger partial charge in [0.15, 0.2) is 5.78 Å². The van der Waals surface area contributed by atoms with E-state index in [0.717, 1.165) is 27.9 Å². The maximum Gasteiger partial charge on any atom is 0.155 e. The molecule has 0 aliphatic heterocycles. The number of nitrogens with zero attached hydrogens (tertiary/aromatic N) is 1. The molecule has 0 fully saturated rings. The average Bonchev–Trinajstić information content (AvgIpc) is 2.72. The largest absolute Gasteiger partial charge is 0.512 e. The summed E-state index contributed by atoms with van der Waals surface area (Å²) in [6, 6.07) is 23.9. The van der Waals surface area contributed by atoms with Gasteiger partial charge in [0.25, 0.3) is 0 Å². The minimum Gasteiger partial charge on any atom is -0.512 e. The van der Waals surface area contributed by atoms with Gasteiger partial charge in [-0.05, 0) is 50.2 Å². The van der Waals surface area contributed by atoms with E-state index >= 15 is 0 Å². The predicted octanol–water partition coefficient (Wildman–Crippen LogP) is 6.21. The molecule has 0 spiro atoms. The second-order valence-electron chi connectivity index (χ2n) is 7.08. The number of aliphatic hydroxyl groups is 1. The Morgan fingerprint density at radius 1 is 1.06 bits per heavy atom. The van der Waals surface area contributed by atoms with E-state index < -0.39 is 0 Å². The number of aryl methyl sites for hydroxylation is 1. The molecule has 0 saturated heterocycles. The van der Waals surface area contributed by atoms with Crippen molar-refractivity contribution in [2.45, 2.75) is 20.8 Å². The fourth-order valence-electron chi connectivity index (χ4n) is 3.21. The molecule has 0 unspecified atom stereocenters. The van der Waals surface area contributed by atoms with Gasteiger partial charge in [0.2, 0.25) is 0 Å². The first kappa shape index (κ1) is 24.3. The molecule has 1 aromatic heterocycles. The van der Waals surface area contributed by atoms with E-state index in [9.17, 15) is 4.79 Å². The van der Waals surface area contributed by atoms with Gasteiger partial charge >= 0.3 is 0 Å². The number of methoxy groups -OCH3 is 1. The van der Waals surface area contributed by atoms with Crippen molar-refractivity contribution >= 4 is 27.5 Å². The molecule has 3 aromatic carbocycles. The fourth-order valence-corrected chi connectivity index (χ4v) is 3.21. The summed E-state index contributed by atoms with van der Waals surface area (Å²) in [6.07, 6.45) is 1.17. The monoisotopic (exact) mass is 591 g/mol. The minimum atomic E-state index is -0.125. The molecular weight excluding hydrogens is 567 g/mol. The van der Waals surface area contributed by atoms with Crippen LogP contribution in [0.1, 0.15) is 19.4 Å². The number of rotatable bonds is 3. The Bertz CT molecular complexity index is 1240. The summed E-state index contributed by atoms with van der Waals surface area (Å²) in [5, 5.41) is 11.9. The van der Waals surface area contributed by atoms with Gasteiger partial charge < -0.3 is 9.84 Å². The van der Waals surface area contributed by atoms with Crippen LogP contribution in [0.4, 0.5) is 0 Å². The third kappa shape index (κ3) is 6.24. The molecule has 4 aromatic rings. The second-order valence-corrected chi connectivity index (χ2v) is 7.08. The number of ketones is 1. The Hall–Kier alpha value is -3.01. The summed E-state index contributed by atoms with van der Waals surface area (Å²) >= 11 is 0. The molecule has 0 aliphatic carbocycles. The first-order valence-electron chi connectivity index (χ1n) is 9.61. The van der Waals surface area contributed by atoms with Crippen LogP contribution in [0.2, 0.25) is 0 Å². The van der Waals surface area contributed by atoms with Gasteiger partial charge in [-0.1, -0.05) is 35.7 Å². The molecule has 1 radical (unpaired) electrons. The number of carbonyl (C=O) groups is 1. The van der Waals surface area contributed by atoms with Crippen molar-refractivity contribution in [2.75, 3.05) is 7.11 Å². The number of hydrogen-bond donors (Lipinski definition) is 1. The third-order valence-electron chi connectivity index (χ3n) is 4.59. The van der Waals surface area contributed by atoms with Crippen molar-refractivity contribution in [1.29, 1.82) is 0 Å². The maximum absolute atomic E-state index is 10.0. The van der Waals surface area contributed by atoms with E-state index in [1.807, 2.05) is 30.3 Å². The summed E-state index contributed by atoms with van der Waals surface area (Å²) in [4.78, 5) is 14.8. The van der Waals surface area contributed by atoms with Crippen LogP contribution in [0, 0.1) is 13.0 Å². The molecule has 5 heteroatoms. The zero-order valence-electron chi connectivity index (χ0n) is 17.9. The Morgan fingerprint density at radius 2 is 1.77 bits per heavy atom. The molecule has 31 heavy (non-hydrogen) atoms. The molecule has 1 N–H and O–H groups in total. The zero-order chi connectivity index (χ0) is 21.7. The smallest absolute Gasteiger partial charge is 0.155 e. The van der Waals surface area contributed by atoms with Crippen LogP contribution in [0.15, 0.2) is 72.5 Å². The SMILES string of the molecule is CC(=O)/C=C(/C)O.COc1ccc2nc(-c3[c-]cc4ccccc4c3)cc(C)c2c1.[Ir]. The third-order valence-corrected chi connectivity index (χ3v) is 4.59. The van der Waals surface area contributed by atoms with Crippen molar-refractivity contribution in [1.82, 2.24) is 4.98 Å². The minimum absolute atomic E-state index is 0. The van der Waals surface area contributed by atoms with Crippen molar-refractivity contribution in [3.05, 3.63) is 84.1 Å². The fraction of sp³-hybridized carbons (Fsp3) is 0.154. The summed E-state index contributed by atoms with van der Waals surface area (Å²) in [7, 11) is 1.68. The quantitative estimate of drug-likeness (QED) is 0.175. The van der Waals surface area contributed by atoms with Gasteiger partial charge in [-0.15, -0.1) is 29.1 Å². The molecule has 0 atom stereocenters. The number of fused-ring (bicyclic) bond motifs is 2. The molecule has 0 bridgehead atoms. The van der Waals surface area contributed by atoms with Crippen LogP contribution in [-0.2, 0) is 24.9 Å². The summed E-state index contributed by atoms with van der Waals surface area (Å²) < 4.78 is 5.31. The first-order valence-corrected chi connectivity index (χ1v) is 9.61. The molecule has 1 heterocycles. The van der Waals surface area contributed by atoms with Crippen molar-refractivity contribution < 1.29 is 34.7 Å². The van der Waals surface area contributed by atoms with Crippen LogP contribution in [0.3, 0.4) is 0 Å². The number of benzene rings is 3. The first-order chi connectivity index (χ1) is 14.4. The predicted molar refractivity (Wildman–Crippen MR) is 122 cm³/mol. The van der Waals surface area contributed by atoms with Crippen molar-refractivity contribution in [3.63, 3.8) is 0 Å². The summed E-state index contributed by atoms with van der Waals surface area (Å²) in [6.45, 7) is 4.95. The Kier molecular flexibility index (Phi) is 8.49. The van der Waals surface area contributed by atoms with E-state index in [-0.39, 0.29) is 31.6 Å². The molecule has 0 amide bonds. The summed E-state index contributed by atoms with van der Waals surface area (Å²) in [5.74, 6) is 0.792. The standard InChI is InChI=1S/C21H16NO.C5H8O2.Ir/c1-14-11-21(22-20-10-9-18(23-2)13-19(14)20)17-8-7-15-5-3-4-6-16(15)12-17;1-4(6)3-5(2)7;/h3-7,9-13H,1-2H3;3,6H,1-2H3;/q-1;;/b;4-3-;. The molecule has 0 aliphatic rings. The Balaban J connectivity index is 0.000000373. The van der Waals surface area contributed by atoms with Gasteiger partial charge in [-0.2, -0.15) is 0 Å². The average molecular weight is 591 g/mol. The Labute approximate surface area is 195 Å². The zero-order valence-corrected chi connectivity index (χ0v) is 20.3. The van der Waals surface area contributed by atoms with Crippen LogP contribution in [0.5, 0.6) is 5.75 Å². The van der Waals surface area contributed by atoms with Crippen molar-refractivity contribution in [3.8, 4) is 17.0 Å². The van der Waals surface area contributed by atoms with E-state index in [2.05, 4.69) is 43.3 Å². The topological polar surface area (TPSA) is 59.4 Å². The van der Waals surface area contributed by atoms with Gasteiger partial charge in [0, 0.05) is 31.6 Å². The van der Waals surface area contributed by atoms with E-state index in [4.69, 9.17) is 14.8 Å². The summed E-state index contributed by atoms with van der Waals surface area (Å²) in [5.41, 5.74) is 4.13. The number of aromatic nitrogens is 1. The number of allylic oxidation sites excluding steroid dienone is 2. The maximum atomic E-state index is 10.0.